The number of piperidine rings is 1. The zero-order valence-corrected chi connectivity index (χ0v) is 13.8. The summed E-state index contributed by atoms with van der Waals surface area (Å²) in [4.78, 5) is 17.2. The fourth-order valence-electron chi connectivity index (χ4n) is 3.10. The Morgan fingerprint density at radius 2 is 2.08 bits per heavy atom. The van der Waals surface area contributed by atoms with Crippen LogP contribution in [-0.2, 0) is 6.54 Å². The summed E-state index contributed by atoms with van der Waals surface area (Å²) in [6.45, 7) is 4.39. The Bertz CT molecular complexity index is 702. The summed E-state index contributed by atoms with van der Waals surface area (Å²) in [6.07, 6.45) is 5.40. The molecule has 0 amide bonds. The van der Waals surface area contributed by atoms with Gasteiger partial charge in [-0.2, -0.15) is 0 Å². The number of rotatable bonds is 5. The van der Waals surface area contributed by atoms with Gasteiger partial charge in [0.15, 0.2) is 0 Å². The molecular formula is C18H22N4O2. The largest absolute Gasteiger partial charge is 0.334 e. The number of benzene rings is 1. The van der Waals surface area contributed by atoms with Gasteiger partial charge in [0.2, 0.25) is 5.82 Å². The fraction of sp³-hybridized carbons (Fsp3) is 0.389. The normalized spacial score (nSPS) is 18.3. The molecule has 1 fully saturated rings. The first-order valence-corrected chi connectivity index (χ1v) is 8.33. The topological polar surface area (TPSA) is 71.3 Å². The second-order valence-electron chi connectivity index (χ2n) is 6.27. The van der Waals surface area contributed by atoms with Crippen LogP contribution in [0.5, 0.6) is 0 Å². The maximum atomic E-state index is 11.0. The molecular weight excluding hydrogens is 304 g/mol. The van der Waals surface area contributed by atoms with E-state index in [0.29, 0.717) is 6.04 Å². The van der Waals surface area contributed by atoms with Crippen LogP contribution in [0.4, 0.5) is 17.2 Å². The van der Waals surface area contributed by atoms with Crippen molar-refractivity contribution < 1.29 is 4.92 Å². The minimum atomic E-state index is -0.429. The van der Waals surface area contributed by atoms with E-state index in [-0.39, 0.29) is 11.5 Å². The second kappa shape index (κ2) is 7.40. The number of likely N-dealkylation sites (tertiary alicyclic amines) is 1. The molecule has 2 aromatic rings. The van der Waals surface area contributed by atoms with Crippen LogP contribution in [0.25, 0.3) is 0 Å². The lowest BCUT2D eigenvalue weighted by Gasteiger charge is -2.33. The Morgan fingerprint density at radius 3 is 2.79 bits per heavy atom. The molecule has 1 aliphatic heterocycles. The molecule has 1 aromatic carbocycles. The Hall–Kier alpha value is -2.47. The third kappa shape index (κ3) is 3.89. The highest BCUT2D eigenvalue weighted by Gasteiger charge is 2.18. The molecule has 6 heteroatoms. The lowest BCUT2D eigenvalue weighted by atomic mass is 10.0. The van der Waals surface area contributed by atoms with Crippen molar-refractivity contribution in [2.24, 2.45) is 0 Å². The number of hydrogen-bond donors (Lipinski definition) is 1. The third-order valence-electron chi connectivity index (χ3n) is 4.53. The van der Waals surface area contributed by atoms with Crippen LogP contribution in [-0.4, -0.2) is 27.4 Å². The number of aromatic nitrogens is 1. The molecule has 0 saturated carbocycles. The van der Waals surface area contributed by atoms with Gasteiger partial charge in [-0.1, -0.05) is 18.6 Å². The molecule has 1 aliphatic rings. The standard InChI is InChI=1S/C18H22N4O2/c1-14-5-2-3-12-21(14)13-15-7-9-16(10-8-15)20-18-17(22(23)24)6-4-11-19-18/h4,6-11,14H,2-3,5,12-13H2,1H3,(H,19,20)/t14-/m1/s1. The van der Waals surface area contributed by atoms with Crippen LogP contribution in [0.3, 0.4) is 0 Å². The van der Waals surface area contributed by atoms with Gasteiger partial charge in [0.1, 0.15) is 0 Å². The van der Waals surface area contributed by atoms with Crippen LogP contribution in [0.2, 0.25) is 0 Å². The number of nitro groups is 1. The molecule has 0 unspecified atom stereocenters. The summed E-state index contributed by atoms with van der Waals surface area (Å²) in [5.41, 5.74) is 2.03. The summed E-state index contributed by atoms with van der Waals surface area (Å²) >= 11 is 0. The molecule has 0 bridgehead atoms. The summed E-state index contributed by atoms with van der Waals surface area (Å²) in [6, 6.07) is 11.7. The zero-order chi connectivity index (χ0) is 16.9. The van der Waals surface area contributed by atoms with Crippen LogP contribution in [0.1, 0.15) is 31.7 Å². The third-order valence-corrected chi connectivity index (χ3v) is 4.53. The number of pyridine rings is 1. The molecule has 0 spiro atoms. The van der Waals surface area contributed by atoms with Gasteiger partial charge in [0.05, 0.1) is 4.92 Å². The Kier molecular flexibility index (Phi) is 5.05. The van der Waals surface area contributed by atoms with Crippen molar-refractivity contribution in [1.82, 2.24) is 9.88 Å². The molecule has 6 nitrogen and oxygen atoms in total. The lowest BCUT2D eigenvalue weighted by Crippen LogP contribution is -2.36. The number of nitrogens with zero attached hydrogens (tertiary/aromatic N) is 3. The highest BCUT2D eigenvalue weighted by atomic mass is 16.6. The summed E-state index contributed by atoms with van der Waals surface area (Å²) in [5.74, 6) is 0.264. The first kappa shape index (κ1) is 16.4. The van der Waals surface area contributed by atoms with Gasteiger partial charge in [-0.05, 0) is 50.1 Å². The predicted molar refractivity (Wildman–Crippen MR) is 94.3 cm³/mol. The first-order chi connectivity index (χ1) is 11.6. The highest BCUT2D eigenvalue weighted by molar-refractivity contribution is 5.65. The lowest BCUT2D eigenvalue weighted by molar-refractivity contribution is -0.384. The molecule has 1 N–H and O–H groups in total. The van der Waals surface area contributed by atoms with Crippen molar-refractivity contribution in [2.75, 3.05) is 11.9 Å². The average molecular weight is 326 g/mol. The van der Waals surface area contributed by atoms with E-state index < -0.39 is 4.92 Å². The van der Waals surface area contributed by atoms with Crippen molar-refractivity contribution in [3.8, 4) is 0 Å². The van der Waals surface area contributed by atoms with Gasteiger partial charge in [0.25, 0.3) is 0 Å². The average Bonchev–Trinajstić information content (AvgIpc) is 2.59. The van der Waals surface area contributed by atoms with Gasteiger partial charge in [-0.25, -0.2) is 4.98 Å². The maximum absolute atomic E-state index is 11.0. The van der Waals surface area contributed by atoms with Crippen molar-refractivity contribution in [1.29, 1.82) is 0 Å². The SMILES string of the molecule is C[C@@H]1CCCCN1Cc1ccc(Nc2ncccc2[N+](=O)[O-])cc1. The fourth-order valence-corrected chi connectivity index (χ4v) is 3.10. The van der Waals surface area contributed by atoms with Gasteiger partial charge >= 0.3 is 5.69 Å². The van der Waals surface area contributed by atoms with Crippen molar-refractivity contribution >= 4 is 17.2 Å². The molecule has 1 aromatic heterocycles. The van der Waals surface area contributed by atoms with Crippen LogP contribution < -0.4 is 5.32 Å². The minimum absolute atomic E-state index is 0.0243. The van der Waals surface area contributed by atoms with E-state index >= 15 is 0 Å². The summed E-state index contributed by atoms with van der Waals surface area (Å²) < 4.78 is 0. The molecule has 3 rings (SSSR count). The van der Waals surface area contributed by atoms with E-state index in [2.05, 4.69) is 34.3 Å². The van der Waals surface area contributed by atoms with Gasteiger partial charge < -0.3 is 5.32 Å². The first-order valence-electron chi connectivity index (χ1n) is 8.33. The quantitative estimate of drug-likeness (QED) is 0.661. The summed E-state index contributed by atoms with van der Waals surface area (Å²) in [7, 11) is 0. The van der Waals surface area contributed by atoms with E-state index in [4.69, 9.17) is 0 Å². The smallest absolute Gasteiger partial charge is 0.311 e. The van der Waals surface area contributed by atoms with E-state index in [1.54, 1.807) is 12.3 Å². The van der Waals surface area contributed by atoms with E-state index in [0.717, 1.165) is 18.8 Å². The van der Waals surface area contributed by atoms with Gasteiger partial charge in [-0.3, -0.25) is 15.0 Å². The van der Waals surface area contributed by atoms with Crippen LogP contribution in [0.15, 0.2) is 42.6 Å². The number of hydrogen-bond acceptors (Lipinski definition) is 5. The molecule has 0 radical (unpaired) electrons. The van der Waals surface area contributed by atoms with Gasteiger partial charge in [-0.15, -0.1) is 0 Å². The molecule has 2 heterocycles. The number of anilines is 2. The van der Waals surface area contributed by atoms with Gasteiger partial charge in [0, 0.05) is 30.5 Å². The van der Waals surface area contributed by atoms with Crippen LogP contribution in [0, 0.1) is 10.1 Å². The Labute approximate surface area is 141 Å². The van der Waals surface area contributed by atoms with E-state index in [1.165, 1.54) is 30.9 Å². The molecule has 24 heavy (non-hydrogen) atoms. The maximum Gasteiger partial charge on any atom is 0.311 e. The summed E-state index contributed by atoms with van der Waals surface area (Å²) in [5, 5.41) is 14.1. The monoisotopic (exact) mass is 326 g/mol. The molecule has 1 saturated heterocycles. The minimum Gasteiger partial charge on any atom is -0.334 e. The zero-order valence-electron chi connectivity index (χ0n) is 13.8. The number of nitrogens with one attached hydrogen (secondary N) is 1. The predicted octanol–water partition coefficient (Wildman–Crippen LogP) is 4.11. The second-order valence-corrected chi connectivity index (χ2v) is 6.27. The van der Waals surface area contributed by atoms with E-state index in [1.807, 2.05) is 12.1 Å². The molecule has 126 valence electrons. The van der Waals surface area contributed by atoms with Crippen molar-refractivity contribution in [2.45, 2.75) is 38.8 Å². The van der Waals surface area contributed by atoms with Crippen molar-refractivity contribution in [3.05, 3.63) is 58.3 Å². The molecule has 1 atom stereocenters. The highest BCUT2D eigenvalue weighted by Crippen LogP contribution is 2.25. The molecule has 0 aliphatic carbocycles. The van der Waals surface area contributed by atoms with E-state index in [9.17, 15) is 10.1 Å². The van der Waals surface area contributed by atoms with Crippen molar-refractivity contribution in [3.63, 3.8) is 0 Å². The Morgan fingerprint density at radius 1 is 1.29 bits per heavy atom. The Balaban J connectivity index is 1.68. The van der Waals surface area contributed by atoms with Crippen LogP contribution >= 0.6 is 0 Å².